The fourth-order valence-corrected chi connectivity index (χ4v) is 1.57. The van der Waals surface area contributed by atoms with Crippen molar-refractivity contribution in [2.45, 2.75) is 12.8 Å². The van der Waals surface area contributed by atoms with Crippen molar-refractivity contribution in [2.75, 3.05) is 0 Å². The molecule has 0 atom stereocenters. The molecule has 16 heavy (non-hydrogen) atoms. The molecular formula is C14H12NO. The van der Waals surface area contributed by atoms with Gasteiger partial charge in [0, 0.05) is 18.2 Å². The predicted molar refractivity (Wildman–Crippen MR) is 63.7 cm³/mol. The van der Waals surface area contributed by atoms with Gasteiger partial charge in [0.2, 0.25) is 0 Å². The number of benzene rings is 2. The predicted octanol–water partition coefficient (Wildman–Crippen LogP) is 3.68. The smallest absolute Gasteiger partial charge is 0.136 e. The Hall–Kier alpha value is -2.01. The Morgan fingerprint density at radius 2 is 1.94 bits per heavy atom. The fraction of sp³-hybridized carbons (Fsp3) is 0.143. The SMILES string of the molecule is N#CCC[CH]Oc1cccc2ccccc12. The Bertz CT molecular complexity index is 508. The number of nitrogens with zero attached hydrogens (tertiary/aromatic N) is 1. The van der Waals surface area contributed by atoms with Gasteiger partial charge >= 0.3 is 0 Å². The second-order valence-electron chi connectivity index (χ2n) is 3.46. The number of hydrogen-bond acceptors (Lipinski definition) is 2. The fourth-order valence-electron chi connectivity index (χ4n) is 1.57. The van der Waals surface area contributed by atoms with Gasteiger partial charge in [-0.2, -0.15) is 5.26 Å². The maximum atomic E-state index is 8.41. The Kier molecular flexibility index (Phi) is 3.40. The zero-order valence-electron chi connectivity index (χ0n) is 8.89. The molecule has 2 aromatic carbocycles. The molecule has 79 valence electrons. The maximum absolute atomic E-state index is 8.41. The van der Waals surface area contributed by atoms with Crippen LogP contribution in [0.2, 0.25) is 0 Å². The minimum absolute atomic E-state index is 0.491. The molecule has 0 aliphatic carbocycles. The summed E-state index contributed by atoms with van der Waals surface area (Å²) in [5.41, 5.74) is 0. The standard InChI is InChI=1S/C14H12NO/c15-10-3-4-11-16-14-9-5-7-12-6-1-2-8-13(12)14/h1-2,5-9,11H,3-4H2. The number of hydrogen-bond donors (Lipinski definition) is 0. The Balaban J connectivity index is 2.15. The van der Waals surface area contributed by atoms with Gasteiger partial charge in [-0.05, 0) is 11.5 Å². The van der Waals surface area contributed by atoms with E-state index in [1.165, 1.54) is 0 Å². The van der Waals surface area contributed by atoms with Crippen LogP contribution in [0.3, 0.4) is 0 Å². The minimum atomic E-state index is 0.491. The first kappa shape index (κ1) is 10.5. The third-order valence-electron chi connectivity index (χ3n) is 2.33. The van der Waals surface area contributed by atoms with Crippen LogP contribution in [0.15, 0.2) is 42.5 Å². The van der Waals surface area contributed by atoms with E-state index in [1.54, 1.807) is 6.61 Å². The lowest BCUT2D eigenvalue weighted by Crippen LogP contribution is -1.90. The lowest BCUT2D eigenvalue weighted by molar-refractivity contribution is 0.397. The molecule has 0 fully saturated rings. The van der Waals surface area contributed by atoms with Gasteiger partial charge < -0.3 is 4.74 Å². The van der Waals surface area contributed by atoms with E-state index in [4.69, 9.17) is 10.00 Å². The summed E-state index contributed by atoms with van der Waals surface area (Å²) >= 11 is 0. The van der Waals surface area contributed by atoms with Gasteiger partial charge in [0.1, 0.15) is 12.4 Å². The normalized spacial score (nSPS) is 9.94. The lowest BCUT2D eigenvalue weighted by atomic mass is 10.1. The zero-order chi connectivity index (χ0) is 11.2. The van der Waals surface area contributed by atoms with Crippen LogP contribution in [0, 0.1) is 17.9 Å². The average molecular weight is 210 g/mol. The molecule has 0 amide bonds. The van der Waals surface area contributed by atoms with Crippen molar-refractivity contribution >= 4 is 10.8 Å². The van der Waals surface area contributed by atoms with Gasteiger partial charge in [-0.25, -0.2) is 0 Å². The van der Waals surface area contributed by atoms with E-state index in [0.717, 1.165) is 16.5 Å². The van der Waals surface area contributed by atoms with Gasteiger partial charge in [-0.1, -0.05) is 36.4 Å². The maximum Gasteiger partial charge on any atom is 0.136 e. The van der Waals surface area contributed by atoms with Crippen LogP contribution in [0.4, 0.5) is 0 Å². The van der Waals surface area contributed by atoms with E-state index in [2.05, 4.69) is 18.2 Å². The topological polar surface area (TPSA) is 33.0 Å². The van der Waals surface area contributed by atoms with E-state index >= 15 is 0 Å². The monoisotopic (exact) mass is 210 g/mol. The van der Waals surface area contributed by atoms with Crippen molar-refractivity contribution in [2.24, 2.45) is 0 Å². The Labute approximate surface area is 95.1 Å². The molecule has 0 aromatic heterocycles. The summed E-state index contributed by atoms with van der Waals surface area (Å²) in [7, 11) is 0. The highest BCUT2D eigenvalue weighted by Gasteiger charge is 2.00. The summed E-state index contributed by atoms with van der Waals surface area (Å²) in [4.78, 5) is 0. The third-order valence-corrected chi connectivity index (χ3v) is 2.33. The summed E-state index contributed by atoms with van der Waals surface area (Å²) in [5.74, 6) is 0.844. The van der Waals surface area contributed by atoms with Crippen molar-refractivity contribution in [1.29, 1.82) is 5.26 Å². The summed E-state index contributed by atoms with van der Waals surface area (Å²) < 4.78 is 5.55. The molecule has 0 heterocycles. The molecule has 2 nitrogen and oxygen atoms in total. The highest BCUT2D eigenvalue weighted by molar-refractivity contribution is 5.88. The van der Waals surface area contributed by atoms with Crippen LogP contribution in [-0.2, 0) is 0 Å². The first-order valence-corrected chi connectivity index (χ1v) is 5.25. The summed E-state index contributed by atoms with van der Waals surface area (Å²) in [6, 6.07) is 16.1. The molecule has 0 aliphatic heterocycles. The molecule has 0 saturated heterocycles. The highest BCUT2D eigenvalue weighted by atomic mass is 16.5. The molecule has 0 bridgehead atoms. The van der Waals surface area contributed by atoms with Gasteiger partial charge in [-0.3, -0.25) is 0 Å². The van der Waals surface area contributed by atoms with Gasteiger partial charge in [0.05, 0.1) is 6.07 Å². The number of unbranched alkanes of at least 4 members (excludes halogenated alkanes) is 1. The Morgan fingerprint density at radius 1 is 1.12 bits per heavy atom. The van der Waals surface area contributed by atoms with E-state index in [-0.39, 0.29) is 0 Å². The van der Waals surface area contributed by atoms with Crippen molar-refractivity contribution in [1.82, 2.24) is 0 Å². The van der Waals surface area contributed by atoms with E-state index < -0.39 is 0 Å². The van der Waals surface area contributed by atoms with Crippen molar-refractivity contribution in [3.8, 4) is 11.8 Å². The molecule has 0 unspecified atom stereocenters. The second kappa shape index (κ2) is 5.18. The van der Waals surface area contributed by atoms with E-state index in [1.807, 2.05) is 30.3 Å². The van der Waals surface area contributed by atoms with Gasteiger partial charge in [0.25, 0.3) is 0 Å². The van der Waals surface area contributed by atoms with Crippen LogP contribution in [0.1, 0.15) is 12.8 Å². The molecule has 2 heteroatoms. The minimum Gasteiger partial charge on any atom is -0.486 e. The molecule has 0 spiro atoms. The summed E-state index contributed by atoms with van der Waals surface area (Å²) in [5, 5.41) is 10.7. The molecule has 2 rings (SSSR count). The van der Waals surface area contributed by atoms with Crippen LogP contribution < -0.4 is 4.74 Å². The quantitative estimate of drug-likeness (QED) is 0.721. The number of rotatable bonds is 4. The van der Waals surface area contributed by atoms with E-state index in [0.29, 0.717) is 12.8 Å². The third kappa shape index (κ3) is 2.32. The van der Waals surface area contributed by atoms with Crippen molar-refractivity contribution in [3.63, 3.8) is 0 Å². The zero-order valence-corrected chi connectivity index (χ0v) is 8.89. The first-order valence-electron chi connectivity index (χ1n) is 5.25. The molecule has 0 aliphatic rings. The average Bonchev–Trinajstić information content (AvgIpc) is 2.35. The van der Waals surface area contributed by atoms with Gasteiger partial charge in [0.15, 0.2) is 0 Å². The lowest BCUT2D eigenvalue weighted by Gasteiger charge is -2.07. The number of nitriles is 1. The second-order valence-corrected chi connectivity index (χ2v) is 3.46. The highest BCUT2D eigenvalue weighted by Crippen LogP contribution is 2.25. The Morgan fingerprint density at radius 3 is 2.81 bits per heavy atom. The molecule has 0 N–H and O–H groups in total. The van der Waals surface area contributed by atoms with Gasteiger partial charge in [-0.15, -0.1) is 0 Å². The number of fused-ring (bicyclic) bond motifs is 1. The largest absolute Gasteiger partial charge is 0.486 e. The van der Waals surface area contributed by atoms with Crippen LogP contribution in [0.25, 0.3) is 10.8 Å². The molecule has 0 saturated carbocycles. The molecule has 1 radical (unpaired) electrons. The van der Waals surface area contributed by atoms with Crippen LogP contribution in [0.5, 0.6) is 5.75 Å². The van der Waals surface area contributed by atoms with E-state index in [9.17, 15) is 0 Å². The molecule has 2 aromatic rings. The van der Waals surface area contributed by atoms with Crippen LogP contribution in [-0.4, -0.2) is 0 Å². The van der Waals surface area contributed by atoms with Crippen molar-refractivity contribution in [3.05, 3.63) is 49.1 Å². The number of ether oxygens (including phenoxy) is 1. The van der Waals surface area contributed by atoms with Crippen LogP contribution >= 0.6 is 0 Å². The summed E-state index contributed by atoms with van der Waals surface area (Å²) in [6.07, 6.45) is 1.14. The summed E-state index contributed by atoms with van der Waals surface area (Å²) in [6.45, 7) is 1.69. The van der Waals surface area contributed by atoms with Crippen molar-refractivity contribution < 1.29 is 4.74 Å². The first-order chi connectivity index (χ1) is 7.92. The molecular weight excluding hydrogens is 198 g/mol.